The zero-order chi connectivity index (χ0) is 14.9. The number of amides is 1. The number of likely N-dealkylation sites (tertiary alicyclic amines) is 1. The van der Waals surface area contributed by atoms with Crippen molar-refractivity contribution in [1.82, 2.24) is 4.90 Å². The van der Waals surface area contributed by atoms with Gasteiger partial charge in [0.2, 0.25) is 5.91 Å². The quantitative estimate of drug-likeness (QED) is 0.836. The summed E-state index contributed by atoms with van der Waals surface area (Å²) in [5.74, 6) is -0.676. The zero-order valence-corrected chi connectivity index (χ0v) is 12.2. The van der Waals surface area contributed by atoms with E-state index >= 15 is 0 Å². The number of hydrogen-bond acceptors (Lipinski definition) is 3. The van der Waals surface area contributed by atoms with Crippen molar-refractivity contribution in [3.8, 4) is 0 Å². The van der Waals surface area contributed by atoms with Gasteiger partial charge in [-0.3, -0.25) is 9.69 Å². The fourth-order valence-electron chi connectivity index (χ4n) is 2.86. The predicted octanol–water partition coefficient (Wildman–Crippen LogP) is 2.61. The predicted molar refractivity (Wildman–Crippen MR) is 78.9 cm³/mol. The summed E-state index contributed by atoms with van der Waals surface area (Å²) in [6.07, 6.45) is 2.15. The molecule has 2 rings (SSSR count). The number of carbonyl (C=O) groups is 1. The van der Waals surface area contributed by atoms with Crippen LogP contribution in [-0.2, 0) is 4.79 Å². The normalized spacial score (nSPS) is 19.8. The number of nitrogens with zero attached hydrogens (tertiary/aromatic N) is 1. The number of anilines is 2. The summed E-state index contributed by atoms with van der Waals surface area (Å²) < 4.78 is 13.6. The van der Waals surface area contributed by atoms with Crippen LogP contribution in [-0.4, -0.2) is 28.9 Å². The lowest BCUT2D eigenvalue weighted by atomic mass is 10.0. The second kappa shape index (κ2) is 5.40. The van der Waals surface area contributed by atoms with Gasteiger partial charge in [-0.05, 0) is 58.4 Å². The topological polar surface area (TPSA) is 58.4 Å². The van der Waals surface area contributed by atoms with E-state index in [1.807, 2.05) is 6.92 Å². The van der Waals surface area contributed by atoms with E-state index in [0.29, 0.717) is 5.69 Å². The van der Waals surface area contributed by atoms with Crippen molar-refractivity contribution in [3.05, 3.63) is 24.0 Å². The summed E-state index contributed by atoms with van der Waals surface area (Å²) >= 11 is 0. The Balaban J connectivity index is 2.10. The van der Waals surface area contributed by atoms with Crippen molar-refractivity contribution in [2.75, 3.05) is 17.6 Å². The molecule has 0 saturated carbocycles. The van der Waals surface area contributed by atoms with E-state index in [4.69, 9.17) is 5.73 Å². The molecule has 4 nitrogen and oxygen atoms in total. The number of hydrogen-bond donors (Lipinski definition) is 2. The van der Waals surface area contributed by atoms with Crippen molar-refractivity contribution in [2.24, 2.45) is 0 Å². The molecular weight excluding hydrogens is 257 g/mol. The highest BCUT2D eigenvalue weighted by Crippen LogP contribution is 2.30. The van der Waals surface area contributed by atoms with Crippen LogP contribution in [0.25, 0.3) is 0 Å². The number of halogens is 1. The van der Waals surface area contributed by atoms with E-state index in [1.54, 1.807) is 0 Å². The van der Waals surface area contributed by atoms with Gasteiger partial charge in [-0.15, -0.1) is 0 Å². The van der Waals surface area contributed by atoms with E-state index in [2.05, 4.69) is 24.1 Å². The molecule has 1 unspecified atom stereocenters. The number of rotatable bonds is 3. The highest BCUT2D eigenvalue weighted by atomic mass is 19.1. The van der Waals surface area contributed by atoms with Crippen LogP contribution in [0.15, 0.2) is 18.2 Å². The molecule has 5 heteroatoms. The van der Waals surface area contributed by atoms with Crippen molar-refractivity contribution in [1.29, 1.82) is 0 Å². The molecule has 1 fully saturated rings. The van der Waals surface area contributed by atoms with Gasteiger partial charge in [0, 0.05) is 11.2 Å². The monoisotopic (exact) mass is 279 g/mol. The SMILES string of the molecule is CC(C(=O)Nc1cc(N)ccc1F)N1CCCC1(C)C. The Kier molecular flexibility index (Phi) is 3.99. The summed E-state index contributed by atoms with van der Waals surface area (Å²) in [4.78, 5) is 14.4. The molecule has 0 bridgehead atoms. The molecule has 1 heterocycles. The number of nitrogen functional groups attached to an aromatic ring is 1. The van der Waals surface area contributed by atoms with Gasteiger partial charge in [-0.2, -0.15) is 0 Å². The van der Waals surface area contributed by atoms with Crippen molar-refractivity contribution in [2.45, 2.75) is 45.2 Å². The molecule has 1 amide bonds. The van der Waals surface area contributed by atoms with Gasteiger partial charge in [-0.25, -0.2) is 4.39 Å². The fraction of sp³-hybridized carbons (Fsp3) is 0.533. The minimum Gasteiger partial charge on any atom is -0.399 e. The molecule has 0 spiro atoms. The summed E-state index contributed by atoms with van der Waals surface area (Å²) in [7, 11) is 0. The first-order chi connectivity index (χ1) is 9.31. The van der Waals surface area contributed by atoms with Crippen LogP contribution >= 0.6 is 0 Å². The lowest BCUT2D eigenvalue weighted by molar-refractivity contribution is -0.122. The zero-order valence-electron chi connectivity index (χ0n) is 12.2. The highest BCUT2D eigenvalue weighted by molar-refractivity contribution is 5.95. The molecule has 0 aromatic heterocycles. The van der Waals surface area contributed by atoms with Crippen LogP contribution in [0.2, 0.25) is 0 Å². The molecule has 0 aliphatic carbocycles. The Bertz CT molecular complexity index is 516. The van der Waals surface area contributed by atoms with Crippen LogP contribution < -0.4 is 11.1 Å². The van der Waals surface area contributed by atoms with Gasteiger partial charge in [0.1, 0.15) is 5.82 Å². The summed E-state index contributed by atoms with van der Waals surface area (Å²) in [5.41, 5.74) is 6.19. The molecule has 1 aromatic carbocycles. The largest absolute Gasteiger partial charge is 0.399 e. The van der Waals surface area contributed by atoms with Crippen molar-refractivity contribution >= 4 is 17.3 Å². The molecule has 1 aromatic rings. The highest BCUT2D eigenvalue weighted by Gasteiger charge is 2.37. The van der Waals surface area contributed by atoms with E-state index in [0.717, 1.165) is 19.4 Å². The van der Waals surface area contributed by atoms with Gasteiger partial charge in [0.05, 0.1) is 11.7 Å². The lowest BCUT2D eigenvalue weighted by Crippen LogP contribution is -2.49. The van der Waals surface area contributed by atoms with E-state index < -0.39 is 5.82 Å². The van der Waals surface area contributed by atoms with E-state index in [1.165, 1.54) is 18.2 Å². The average Bonchev–Trinajstić information content (AvgIpc) is 2.72. The van der Waals surface area contributed by atoms with Gasteiger partial charge in [-0.1, -0.05) is 0 Å². The molecule has 1 aliphatic heterocycles. The van der Waals surface area contributed by atoms with Crippen molar-refractivity contribution in [3.63, 3.8) is 0 Å². The van der Waals surface area contributed by atoms with Crippen LogP contribution in [0.5, 0.6) is 0 Å². The summed E-state index contributed by atoms with van der Waals surface area (Å²) in [6, 6.07) is 3.87. The third-order valence-electron chi connectivity index (χ3n) is 4.06. The van der Waals surface area contributed by atoms with Gasteiger partial charge >= 0.3 is 0 Å². The Morgan fingerprint density at radius 2 is 2.20 bits per heavy atom. The number of carbonyl (C=O) groups excluding carboxylic acids is 1. The van der Waals surface area contributed by atoms with E-state index in [-0.39, 0.29) is 23.2 Å². The van der Waals surface area contributed by atoms with Gasteiger partial charge in [0.25, 0.3) is 0 Å². The molecule has 1 saturated heterocycles. The summed E-state index contributed by atoms with van der Waals surface area (Å²) in [6.45, 7) is 7.00. The second-order valence-electron chi connectivity index (χ2n) is 6.01. The second-order valence-corrected chi connectivity index (χ2v) is 6.01. The average molecular weight is 279 g/mol. The third kappa shape index (κ3) is 2.93. The maximum atomic E-state index is 13.6. The lowest BCUT2D eigenvalue weighted by Gasteiger charge is -2.35. The number of nitrogens with two attached hydrogens (primary N) is 1. The molecule has 1 aliphatic rings. The first-order valence-electron chi connectivity index (χ1n) is 6.94. The molecular formula is C15H22FN3O. The Morgan fingerprint density at radius 1 is 1.50 bits per heavy atom. The molecule has 3 N–H and O–H groups in total. The molecule has 110 valence electrons. The first kappa shape index (κ1) is 14.8. The molecule has 20 heavy (non-hydrogen) atoms. The Hall–Kier alpha value is -1.62. The maximum Gasteiger partial charge on any atom is 0.241 e. The number of benzene rings is 1. The van der Waals surface area contributed by atoms with Crippen LogP contribution in [0.1, 0.15) is 33.6 Å². The maximum absolute atomic E-state index is 13.6. The smallest absolute Gasteiger partial charge is 0.241 e. The minimum absolute atomic E-state index is 0.00498. The molecule has 0 radical (unpaired) electrons. The Morgan fingerprint density at radius 3 is 2.80 bits per heavy atom. The third-order valence-corrected chi connectivity index (χ3v) is 4.06. The van der Waals surface area contributed by atoms with Gasteiger partial charge < -0.3 is 11.1 Å². The molecule has 1 atom stereocenters. The van der Waals surface area contributed by atoms with Crippen LogP contribution in [0.3, 0.4) is 0 Å². The first-order valence-corrected chi connectivity index (χ1v) is 6.94. The van der Waals surface area contributed by atoms with Crippen molar-refractivity contribution < 1.29 is 9.18 Å². The Labute approximate surface area is 119 Å². The van der Waals surface area contributed by atoms with Crippen LogP contribution in [0, 0.1) is 5.82 Å². The fourth-order valence-corrected chi connectivity index (χ4v) is 2.86. The number of nitrogens with one attached hydrogen (secondary N) is 1. The summed E-state index contributed by atoms with van der Waals surface area (Å²) in [5, 5.41) is 2.63. The minimum atomic E-state index is -0.472. The van der Waals surface area contributed by atoms with E-state index in [9.17, 15) is 9.18 Å². The van der Waals surface area contributed by atoms with Crippen LogP contribution in [0.4, 0.5) is 15.8 Å². The van der Waals surface area contributed by atoms with Gasteiger partial charge in [0.15, 0.2) is 0 Å². The standard InChI is InChI=1S/C15H22FN3O/c1-10(19-8-4-7-15(19,2)3)14(20)18-13-9-11(17)5-6-12(13)16/h5-6,9-10H,4,7-8,17H2,1-3H3,(H,18,20).